The van der Waals surface area contributed by atoms with Crippen LogP contribution in [0.25, 0.3) is 0 Å². The standard InChI is InChI=1S/C12H14ClN3/c1-9-5-10(2)7-11(6-9)3-4-16-8-14-12(13)15-16/h5-8H,3-4H2,1-2H3. The van der Waals surface area contributed by atoms with Crippen molar-refractivity contribution in [1.82, 2.24) is 14.8 Å². The molecule has 0 saturated heterocycles. The first-order valence-corrected chi connectivity index (χ1v) is 5.63. The summed E-state index contributed by atoms with van der Waals surface area (Å²) in [4.78, 5) is 3.88. The quantitative estimate of drug-likeness (QED) is 0.819. The largest absolute Gasteiger partial charge is 0.251 e. The number of aromatic nitrogens is 3. The minimum Gasteiger partial charge on any atom is -0.251 e. The van der Waals surface area contributed by atoms with Crippen LogP contribution in [0.5, 0.6) is 0 Å². The number of aryl methyl sites for hydroxylation is 4. The Morgan fingerprint density at radius 3 is 2.44 bits per heavy atom. The summed E-state index contributed by atoms with van der Waals surface area (Å²) in [5.41, 5.74) is 3.92. The molecule has 16 heavy (non-hydrogen) atoms. The third kappa shape index (κ3) is 2.83. The van der Waals surface area contributed by atoms with E-state index in [4.69, 9.17) is 11.6 Å². The van der Waals surface area contributed by atoms with Gasteiger partial charge in [-0.05, 0) is 37.4 Å². The fraction of sp³-hybridized carbons (Fsp3) is 0.333. The molecule has 0 atom stereocenters. The van der Waals surface area contributed by atoms with Crippen LogP contribution in [0, 0.1) is 13.8 Å². The average Bonchev–Trinajstić information content (AvgIpc) is 2.60. The summed E-state index contributed by atoms with van der Waals surface area (Å²) in [5.74, 6) is 0. The van der Waals surface area contributed by atoms with Crippen LogP contribution >= 0.6 is 11.6 Å². The van der Waals surface area contributed by atoms with E-state index in [1.165, 1.54) is 16.7 Å². The zero-order valence-corrected chi connectivity index (χ0v) is 10.2. The predicted molar refractivity (Wildman–Crippen MR) is 64.7 cm³/mol. The van der Waals surface area contributed by atoms with Gasteiger partial charge in [-0.1, -0.05) is 29.3 Å². The average molecular weight is 236 g/mol. The second-order valence-corrected chi connectivity index (χ2v) is 4.36. The maximum Gasteiger partial charge on any atom is 0.242 e. The Balaban J connectivity index is 2.04. The van der Waals surface area contributed by atoms with Crippen LogP contribution in [0.1, 0.15) is 16.7 Å². The van der Waals surface area contributed by atoms with Gasteiger partial charge in [0.25, 0.3) is 0 Å². The van der Waals surface area contributed by atoms with E-state index in [2.05, 4.69) is 42.1 Å². The molecule has 4 heteroatoms. The van der Waals surface area contributed by atoms with Gasteiger partial charge in [-0.15, -0.1) is 5.10 Å². The monoisotopic (exact) mass is 235 g/mol. The van der Waals surface area contributed by atoms with Gasteiger partial charge in [0, 0.05) is 6.54 Å². The lowest BCUT2D eigenvalue weighted by Gasteiger charge is -2.04. The van der Waals surface area contributed by atoms with Crippen molar-refractivity contribution < 1.29 is 0 Å². The van der Waals surface area contributed by atoms with Crippen molar-refractivity contribution in [1.29, 1.82) is 0 Å². The van der Waals surface area contributed by atoms with E-state index in [1.54, 1.807) is 11.0 Å². The Kier molecular flexibility index (Phi) is 3.25. The molecule has 1 aromatic heterocycles. The molecule has 0 amide bonds. The van der Waals surface area contributed by atoms with Gasteiger partial charge >= 0.3 is 0 Å². The van der Waals surface area contributed by atoms with Gasteiger partial charge < -0.3 is 0 Å². The van der Waals surface area contributed by atoms with E-state index in [1.807, 2.05) is 0 Å². The molecule has 0 fully saturated rings. The molecule has 0 bridgehead atoms. The van der Waals surface area contributed by atoms with Crippen molar-refractivity contribution in [3.05, 3.63) is 46.5 Å². The molecule has 2 aromatic rings. The molecule has 84 valence electrons. The molecule has 0 aliphatic carbocycles. The fourth-order valence-electron chi connectivity index (χ4n) is 1.84. The molecule has 1 aromatic carbocycles. The Morgan fingerprint density at radius 1 is 1.19 bits per heavy atom. The summed E-state index contributed by atoms with van der Waals surface area (Å²) >= 11 is 5.65. The molecule has 0 unspecified atom stereocenters. The van der Waals surface area contributed by atoms with Crippen LogP contribution in [-0.2, 0) is 13.0 Å². The number of rotatable bonds is 3. The van der Waals surface area contributed by atoms with Gasteiger partial charge in [0.15, 0.2) is 0 Å². The minimum atomic E-state index is 0.306. The van der Waals surface area contributed by atoms with E-state index in [0.717, 1.165) is 13.0 Å². The topological polar surface area (TPSA) is 30.7 Å². The minimum absolute atomic E-state index is 0.306. The summed E-state index contributed by atoms with van der Waals surface area (Å²) in [6.45, 7) is 5.04. The van der Waals surface area contributed by atoms with E-state index in [0.29, 0.717) is 5.28 Å². The first-order chi connectivity index (χ1) is 7.63. The van der Waals surface area contributed by atoms with Crippen LogP contribution in [0.2, 0.25) is 5.28 Å². The smallest absolute Gasteiger partial charge is 0.242 e. The third-order valence-corrected chi connectivity index (χ3v) is 2.59. The van der Waals surface area contributed by atoms with E-state index >= 15 is 0 Å². The predicted octanol–water partition coefficient (Wildman–Crippen LogP) is 2.79. The lowest BCUT2D eigenvalue weighted by atomic mass is 10.1. The fourth-order valence-corrected chi connectivity index (χ4v) is 1.98. The normalized spacial score (nSPS) is 10.7. The molecule has 1 heterocycles. The number of benzene rings is 1. The van der Waals surface area contributed by atoms with Gasteiger partial charge in [-0.2, -0.15) is 0 Å². The highest BCUT2D eigenvalue weighted by Crippen LogP contribution is 2.10. The summed E-state index contributed by atoms with van der Waals surface area (Å²) in [5, 5.41) is 4.35. The second kappa shape index (κ2) is 4.66. The maximum absolute atomic E-state index is 5.65. The van der Waals surface area contributed by atoms with Gasteiger partial charge in [0.1, 0.15) is 6.33 Å². The van der Waals surface area contributed by atoms with Gasteiger partial charge in [0.05, 0.1) is 0 Å². The summed E-state index contributed by atoms with van der Waals surface area (Å²) in [7, 11) is 0. The van der Waals surface area contributed by atoms with Crippen molar-refractivity contribution in [2.75, 3.05) is 0 Å². The maximum atomic E-state index is 5.65. The Labute approximate surface area is 100 Å². The Morgan fingerprint density at radius 2 is 1.88 bits per heavy atom. The number of hydrogen-bond acceptors (Lipinski definition) is 2. The highest BCUT2D eigenvalue weighted by Gasteiger charge is 1.99. The van der Waals surface area contributed by atoms with Crippen LogP contribution in [0.4, 0.5) is 0 Å². The lowest BCUT2D eigenvalue weighted by Crippen LogP contribution is -2.02. The molecule has 3 nitrogen and oxygen atoms in total. The van der Waals surface area contributed by atoms with Gasteiger partial charge in [-0.25, -0.2) is 4.98 Å². The second-order valence-electron chi connectivity index (χ2n) is 4.02. The zero-order valence-electron chi connectivity index (χ0n) is 9.44. The molecule has 0 aliphatic rings. The third-order valence-electron chi connectivity index (χ3n) is 2.42. The zero-order chi connectivity index (χ0) is 11.5. The Hall–Kier alpha value is -1.35. The summed E-state index contributed by atoms with van der Waals surface area (Å²) in [6.07, 6.45) is 2.60. The Bertz CT molecular complexity index is 471. The molecule has 0 aliphatic heterocycles. The first kappa shape index (κ1) is 11.1. The van der Waals surface area contributed by atoms with Crippen molar-refractivity contribution in [3.8, 4) is 0 Å². The van der Waals surface area contributed by atoms with Crippen molar-refractivity contribution >= 4 is 11.6 Å². The number of nitrogens with zero attached hydrogens (tertiary/aromatic N) is 3. The number of hydrogen-bond donors (Lipinski definition) is 0. The van der Waals surface area contributed by atoms with E-state index in [9.17, 15) is 0 Å². The first-order valence-electron chi connectivity index (χ1n) is 5.25. The molecule has 2 rings (SSSR count). The van der Waals surface area contributed by atoms with Crippen LogP contribution in [-0.4, -0.2) is 14.8 Å². The van der Waals surface area contributed by atoms with Crippen LogP contribution < -0.4 is 0 Å². The molecule has 0 radical (unpaired) electrons. The van der Waals surface area contributed by atoms with Gasteiger partial charge in [0.2, 0.25) is 5.28 Å². The number of halogens is 1. The highest BCUT2D eigenvalue weighted by atomic mass is 35.5. The molecule has 0 N–H and O–H groups in total. The van der Waals surface area contributed by atoms with Crippen molar-refractivity contribution in [3.63, 3.8) is 0 Å². The van der Waals surface area contributed by atoms with Crippen LogP contribution in [0.3, 0.4) is 0 Å². The summed E-state index contributed by atoms with van der Waals surface area (Å²) in [6, 6.07) is 6.58. The molecule has 0 saturated carbocycles. The van der Waals surface area contributed by atoms with Gasteiger partial charge in [-0.3, -0.25) is 4.68 Å². The van der Waals surface area contributed by atoms with E-state index < -0.39 is 0 Å². The van der Waals surface area contributed by atoms with Crippen molar-refractivity contribution in [2.45, 2.75) is 26.8 Å². The molecular formula is C12H14ClN3. The molecule has 0 spiro atoms. The SMILES string of the molecule is Cc1cc(C)cc(CCn2cnc(Cl)n2)c1. The molecular weight excluding hydrogens is 222 g/mol. The highest BCUT2D eigenvalue weighted by molar-refractivity contribution is 6.28. The van der Waals surface area contributed by atoms with Crippen LogP contribution in [0.15, 0.2) is 24.5 Å². The lowest BCUT2D eigenvalue weighted by molar-refractivity contribution is 0.613. The summed E-state index contributed by atoms with van der Waals surface area (Å²) < 4.78 is 1.76. The van der Waals surface area contributed by atoms with E-state index in [-0.39, 0.29) is 0 Å². The van der Waals surface area contributed by atoms with Crippen molar-refractivity contribution in [2.24, 2.45) is 0 Å².